The van der Waals surface area contributed by atoms with Crippen molar-refractivity contribution in [1.82, 2.24) is 4.90 Å². The van der Waals surface area contributed by atoms with Gasteiger partial charge >= 0.3 is 5.97 Å². The van der Waals surface area contributed by atoms with Gasteiger partial charge < -0.3 is 14.7 Å². The minimum Gasteiger partial charge on any atom is -0.493 e. The molecule has 0 spiro atoms. The summed E-state index contributed by atoms with van der Waals surface area (Å²) in [5, 5.41) is 9.44. The lowest BCUT2D eigenvalue weighted by Gasteiger charge is -2.33. The molecule has 2 aromatic carbocycles. The molecule has 4 rings (SSSR count). The number of halogens is 1. The van der Waals surface area contributed by atoms with Crippen LogP contribution in [0.2, 0.25) is 0 Å². The third kappa shape index (κ3) is 4.87. The summed E-state index contributed by atoms with van der Waals surface area (Å²) in [5.74, 6) is 0.648. The average Bonchev–Trinajstić information content (AvgIpc) is 3.21. The quantitative estimate of drug-likeness (QED) is 0.616. The number of hydrogen-bond acceptors (Lipinski definition) is 4. The van der Waals surface area contributed by atoms with Crippen molar-refractivity contribution in [3.8, 4) is 5.75 Å². The van der Waals surface area contributed by atoms with Gasteiger partial charge in [0.05, 0.1) is 12.2 Å². The Morgan fingerprint density at radius 3 is 2.80 bits per heavy atom. The summed E-state index contributed by atoms with van der Waals surface area (Å²) >= 11 is 1.64. The van der Waals surface area contributed by atoms with Crippen molar-refractivity contribution >= 4 is 17.7 Å². The van der Waals surface area contributed by atoms with Crippen LogP contribution < -0.4 is 4.74 Å². The van der Waals surface area contributed by atoms with Gasteiger partial charge in [0, 0.05) is 19.2 Å². The Morgan fingerprint density at radius 2 is 2.00 bits per heavy atom. The van der Waals surface area contributed by atoms with Gasteiger partial charge in [-0.15, -0.1) is 11.8 Å². The molecule has 156 valence electrons. The normalized spacial score (nSPS) is 17.4. The van der Waals surface area contributed by atoms with E-state index < -0.39 is 5.97 Å². The standard InChI is InChI=1S/C24H24FNO3S/c25-20-8-5-17(6-9-20)3-2-14-30-23-21(24(27)28)4-1-12-26(23)16-18-7-10-22-19(15-18)11-13-29-22/h1,4-10,12,15,23H,2-3,11,13-14,16H2,(H,27,28). The highest BCUT2D eigenvalue weighted by molar-refractivity contribution is 8.00. The molecule has 0 fully saturated rings. The number of nitrogens with zero attached hydrogens (tertiary/aromatic N) is 1. The summed E-state index contributed by atoms with van der Waals surface area (Å²) in [7, 11) is 0. The summed E-state index contributed by atoms with van der Waals surface area (Å²) in [6.07, 6.45) is 8.11. The van der Waals surface area contributed by atoms with E-state index in [-0.39, 0.29) is 11.2 Å². The highest BCUT2D eigenvalue weighted by Gasteiger charge is 2.27. The van der Waals surface area contributed by atoms with Crippen LogP contribution in [0.3, 0.4) is 0 Å². The Bertz CT molecular complexity index is 971. The van der Waals surface area contributed by atoms with Gasteiger partial charge in [-0.3, -0.25) is 0 Å². The third-order valence-corrected chi connectivity index (χ3v) is 6.65. The van der Waals surface area contributed by atoms with E-state index in [9.17, 15) is 14.3 Å². The topological polar surface area (TPSA) is 49.8 Å². The Balaban J connectivity index is 1.40. The minimum atomic E-state index is -0.886. The fraction of sp³-hybridized carbons (Fsp3) is 0.292. The fourth-order valence-electron chi connectivity index (χ4n) is 3.77. The van der Waals surface area contributed by atoms with E-state index in [4.69, 9.17) is 4.74 Å². The number of aliphatic carboxylic acids is 1. The van der Waals surface area contributed by atoms with Crippen molar-refractivity contribution in [2.24, 2.45) is 0 Å². The molecule has 0 amide bonds. The summed E-state index contributed by atoms with van der Waals surface area (Å²) < 4.78 is 18.6. The zero-order valence-electron chi connectivity index (χ0n) is 16.6. The molecule has 2 heterocycles. The number of allylic oxidation sites excluding steroid dienone is 2. The van der Waals surface area contributed by atoms with E-state index in [0.29, 0.717) is 12.1 Å². The molecule has 1 unspecified atom stereocenters. The molecule has 0 aliphatic carbocycles. The van der Waals surface area contributed by atoms with E-state index in [0.717, 1.165) is 48.5 Å². The van der Waals surface area contributed by atoms with Gasteiger partial charge in [0.1, 0.15) is 16.9 Å². The van der Waals surface area contributed by atoms with Crippen LogP contribution in [0, 0.1) is 5.82 Å². The van der Waals surface area contributed by atoms with E-state index in [2.05, 4.69) is 11.0 Å². The molecule has 2 aromatic rings. The third-order valence-electron chi connectivity index (χ3n) is 5.29. The molecule has 0 saturated heterocycles. The Hall–Kier alpha value is -2.73. The van der Waals surface area contributed by atoms with Crippen molar-refractivity contribution in [1.29, 1.82) is 0 Å². The average molecular weight is 426 g/mol. The van der Waals surface area contributed by atoms with Gasteiger partial charge in [0.25, 0.3) is 0 Å². The number of rotatable bonds is 8. The molecule has 1 N–H and O–H groups in total. The summed E-state index contributed by atoms with van der Waals surface area (Å²) in [5.41, 5.74) is 3.85. The lowest BCUT2D eigenvalue weighted by atomic mass is 10.1. The van der Waals surface area contributed by atoms with E-state index >= 15 is 0 Å². The first-order chi connectivity index (χ1) is 14.6. The summed E-state index contributed by atoms with van der Waals surface area (Å²) in [6, 6.07) is 12.8. The van der Waals surface area contributed by atoms with Gasteiger partial charge in [-0.25, -0.2) is 9.18 Å². The Kier molecular flexibility index (Phi) is 6.43. The summed E-state index contributed by atoms with van der Waals surface area (Å²) in [6.45, 7) is 1.37. The first-order valence-electron chi connectivity index (χ1n) is 10.1. The largest absolute Gasteiger partial charge is 0.493 e. The smallest absolute Gasteiger partial charge is 0.334 e. The van der Waals surface area contributed by atoms with Crippen LogP contribution in [0.5, 0.6) is 5.75 Å². The zero-order chi connectivity index (χ0) is 20.9. The molecule has 0 aromatic heterocycles. The Morgan fingerprint density at radius 1 is 1.20 bits per heavy atom. The second-order valence-corrected chi connectivity index (χ2v) is 8.62. The van der Waals surface area contributed by atoms with Crippen molar-refractivity contribution in [2.45, 2.75) is 31.2 Å². The minimum absolute atomic E-state index is 0.230. The maximum absolute atomic E-state index is 13.0. The number of carboxylic acid groups (broad SMARTS) is 1. The predicted octanol–water partition coefficient (Wildman–Crippen LogP) is 4.79. The number of benzene rings is 2. The van der Waals surface area contributed by atoms with Gasteiger partial charge in [-0.05, 0) is 65.6 Å². The number of carboxylic acids is 1. The van der Waals surface area contributed by atoms with Gasteiger partial charge in [-0.2, -0.15) is 0 Å². The maximum atomic E-state index is 13.0. The molecule has 1 atom stereocenters. The number of carbonyl (C=O) groups is 1. The van der Waals surface area contributed by atoms with Gasteiger partial charge in [0.2, 0.25) is 0 Å². The number of hydrogen-bond donors (Lipinski definition) is 1. The maximum Gasteiger partial charge on any atom is 0.334 e. The predicted molar refractivity (Wildman–Crippen MR) is 117 cm³/mol. The highest BCUT2D eigenvalue weighted by atomic mass is 32.2. The number of thioether (sulfide) groups is 1. The number of fused-ring (bicyclic) bond motifs is 1. The summed E-state index contributed by atoms with van der Waals surface area (Å²) in [4.78, 5) is 13.9. The lowest BCUT2D eigenvalue weighted by Crippen LogP contribution is -2.34. The fourth-order valence-corrected chi connectivity index (χ4v) is 5.00. The van der Waals surface area contributed by atoms with Gasteiger partial charge in [-0.1, -0.05) is 24.3 Å². The SMILES string of the molecule is O=C(O)C1=CC=CN(Cc2ccc3c(c2)CCO3)C1SCCCc1ccc(F)cc1. The molecular formula is C24H24FNO3S. The highest BCUT2D eigenvalue weighted by Crippen LogP contribution is 2.31. The van der Waals surface area contributed by atoms with Crippen molar-refractivity contribution in [3.05, 3.63) is 88.9 Å². The molecule has 6 heteroatoms. The Labute approximate surface area is 180 Å². The number of ether oxygens (including phenoxy) is 1. The van der Waals surface area contributed by atoms with E-state index in [1.807, 2.05) is 18.3 Å². The molecular weight excluding hydrogens is 401 g/mol. The molecule has 4 nitrogen and oxygen atoms in total. The second-order valence-electron chi connectivity index (χ2n) is 7.43. The molecule has 30 heavy (non-hydrogen) atoms. The molecule has 2 aliphatic heterocycles. The van der Waals surface area contributed by atoms with Crippen molar-refractivity contribution in [3.63, 3.8) is 0 Å². The molecule has 0 saturated carbocycles. The lowest BCUT2D eigenvalue weighted by molar-refractivity contribution is -0.133. The first kappa shape index (κ1) is 20.5. The van der Waals surface area contributed by atoms with Crippen molar-refractivity contribution < 1.29 is 19.0 Å². The second kappa shape index (κ2) is 9.39. The van der Waals surface area contributed by atoms with Crippen LogP contribution in [0.25, 0.3) is 0 Å². The van der Waals surface area contributed by atoms with Crippen LogP contribution in [0.1, 0.15) is 23.1 Å². The number of aryl methyl sites for hydroxylation is 1. The zero-order valence-corrected chi connectivity index (χ0v) is 17.4. The molecule has 0 bridgehead atoms. The van der Waals surface area contributed by atoms with Crippen LogP contribution in [0.15, 0.2) is 66.4 Å². The first-order valence-corrected chi connectivity index (χ1v) is 11.1. The monoisotopic (exact) mass is 425 g/mol. The van der Waals surface area contributed by atoms with Crippen molar-refractivity contribution in [2.75, 3.05) is 12.4 Å². The molecule has 0 radical (unpaired) electrons. The van der Waals surface area contributed by atoms with Crippen LogP contribution in [0.4, 0.5) is 4.39 Å². The van der Waals surface area contributed by atoms with E-state index in [1.54, 1.807) is 36.0 Å². The molecule has 2 aliphatic rings. The van der Waals surface area contributed by atoms with Crippen LogP contribution in [-0.2, 0) is 24.2 Å². The van der Waals surface area contributed by atoms with Crippen LogP contribution >= 0.6 is 11.8 Å². The van der Waals surface area contributed by atoms with Gasteiger partial charge in [0.15, 0.2) is 0 Å². The van der Waals surface area contributed by atoms with E-state index in [1.165, 1.54) is 17.7 Å². The van der Waals surface area contributed by atoms with Crippen LogP contribution in [-0.4, -0.2) is 33.7 Å².